The van der Waals surface area contributed by atoms with Crippen LogP contribution in [0.25, 0.3) is 0 Å². The molecule has 1 aromatic carbocycles. The van der Waals surface area contributed by atoms with Gasteiger partial charge in [0.1, 0.15) is 0 Å². The van der Waals surface area contributed by atoms with E-state index in [1.807, 2.05) is 12.1 Å². The quantitative estimate of drug-likeness (QED) is 0.299. The molecule has 9 heteroatoms. The van der Waals surface area contributed by atoms with Crippen molar-refractivity contribution in [2.24, 2.45) is 4.99 Å². The van der Waals surface area contributed by atoms with E-state index in [1.54, 1.807) is 24.1 Å². The second-order valence-electron chi connectivity index (χ2n) is 7.69. The minimum absolute atomic E-state index is 0.115. The highest BCUT2D eigenvalue weighted by Gasteiger charge is 2.22. The van der Waals surface area contributed by atoms with Crippen LogP contribution in [0.4, 0.5) is 0 Å². The predicted octanol–water partition coefficient (Wildman–Crippen LogP) is 0.509. The molecule has 1 unspecified atom stereocenters. The molecule has 2 fully saturated rings. The smallest absolute Gasteiger partial charge is 0.254 e. The van der Waals surface area contributed by atoms with Crippen LogP contribution < -0.4 is 16.0 Å². The molecule has 0 spiro atoms. The second-order valence-corrected chi connectivity index (χ2v) is 7.69. The van der Waals surface area contributed by atoms with Crippen molar-refractivity contribution in [3.63, 3.8) is 0 Å². The van der Waals surface area contributed by atoms with Crippen LogP contribution in [0, 0.1) is 0 Å². The third-order valence-corrected chi connectivity index (χ3v) is 5.30. The van der Waals surface area contributed by atoms with Gasteiger partial charge in [0.15, 0.2) is 5.96 Å². The highest BCUT2D eigenvalue weighted by Crippen LogP contribution is 2.12. The number of carbonyl (C=O) groups is 2. The molecule has 1 aromatic rings. The first kappa shape index (κ1) is 23.0. The number of piperazine rings is 1. The van der Waals surface area contributed by atoms with Crippen LogP contribution in [-0.2, 0) is 20.8 Å². The summed E-state index contributed by atoms with van der Waals surface area (Å²) in [6.45, 7) is 4.73. The zero-order valence-corrected chi connectivity index (χ0v) is 18.2. The number of benzene rings is 1. The lowest BCUT2D eigenvalue weighted by Crippen LogP contribution is -2.49. The van der Waals surface area contributed by atoms with Gasteiger partial charge >= 0.3 is 0 Å². The average Bonchev–Trinajstić information content (AvgIpc) is 3.31. The van der Waals surface area contributed by atoms with Crippen LogP contribution in [0.2, 0.25) is 0 Å². The number of nitrogens with one attached hydrogen (secondary N) is 3. The second kappa shape index (κ2) is 12.3. The molecule has 31 heavy (non-hydrogen) atoms. The summed E-state index contributed by atoms with van der Waals surface area (Å²) in [6.07, 6.45) is 3.38. The highest BCUT2D eigenvalue weighted by atomic mass is 16.5. The molecule has 3 N–H and O–H groups in total. The molecule has 2 aliphatic rings. The van der Waals surface area contributed by atoms with E-state index >= 15 is 0 Å². The summed E-state index contributed by atoms with van der Waals surface area (Å²) in [5, 5.41) is 9.27. The molecule has 3 rings (SSSR count). The fourth-order valence-corrected chi connectivity index (χ4v) is 3.54. The minimum Gasteiger partial charge on any atom is -0.379 e. The molecule has 0 aromatic heterocycles. The van der Waals surface area contributed by atoms with Crippen LogP contribution in [0.15, 0.2) is 29.3 Å². The van der Waals surface area contributed by atoms with Gasteiger partial charge in [0.25, 0.3) is 5.91 Å². The largest absolute Gasteiger partial charge is 0.379 e. The van der Waals surface area contributed by atoms with Gasteiger partial charge in [0.2, 0.25) is 5.91 Å². The van der Waals surface area contributed by atoms with E-state index in [9.17, 15) is 9.59 Å². The Morgan fingerprint density at radius 2 is 2.16 bits per heavy atom. The Morgan fingerprint density at radius 3 is 2.87 bits per heavy atom. The lowest BCUT2D eigenvalue weighted by Gasteiger charge is -2.26. The normalized spacial score (nSPS) is 19.3. The SMILES string of the molecule is CN=C(NCCCOCC1CCCO1)NCc1ccc(C(=O)N2CCNC(=O)C2)cc1. The number of carbonyl (C=O) groups excluding carboxylic acids is 2. The molecular weight excluding hydrogens is 398 g/mol. The highest BCUT2D eigenvalue weighted by molar-refractivity contribution is 5.97. The Labute approximate surface area is 183 Å². The number of guanidine groups is 1. The van der Waals surface area contributed by atoms with E-state index in [4.69, 9.17) is 9.47 Å². The van der Waals surface area contributed by atoms with Crippen molar-refractivity contribution in [2.45, 2.75) is 31.9 Å². The molecule has 170 valence electrons. The molecule has 0 aliphatic carbocycles. The van der Waals surface area contributed by atoms with Gasteiger partial charge in [-0.15, -0.1) is 0 Å². The fraction of sp³-hybridized carbons (Fsp3) is 0.591. The van der Waals surface area contributed by atoms with Gasteiger partial charge in [0, 0.05) is 52.0 Å². The van der Waals surface area contributed by atoms with E-state index in [0.717, 1.165) is 43.9 Å². The van der Waals surface area contributed by atoms with Crippen molar-refractivity contribution in [3.8, 4) is 0 Å². The molecule has 0 radical (unpaired) electrons. The molecule has 0 saturated carbocycles. The molecule has 2 amide bonds. The molecule has 0 bridgehead atoms. The van der Waals surface area contributed by atoms with Gasteiger partial charge in [-0.2, -0.15) is 0 Å². The minimum atomic E-state index is -0.117. The molecule has 9 nitrogen and oxygen atoms in total. The third kappa shape index (κ3) is 7.52. The van der Waals surface area contributed by atoms with Crippen molar-refractivity contribution in [2.75, 3.05) is 53.0 Å². The van der Waals surface area contributed by atoms with Gasteiger partial charge in [0.05, 0.1) is 19.3 Å². The van der Waals surface area contributed by atoms with Crippen LogP contribution in [0.3, 0.4) is 0 Å². The number of amides is 2. The van der Waals surface area contributed by atoms with E-state index in [0.29, 0.717) is 38.4 Å². The van der Waals surface area contributed by atoms with Gasteiger partial charge in [-0.3, -0.25) is 14.6 Å². The molecule has 2 heterocycles. The lowest BCUT2D eigenvalue weighted by molar-refractivity contribution is -0.123. The molecular formula is C22H33N5O4. The van der Waals surface area contributed by atoms with E-state index in [2.05, 4.69) is 20.9 Å². The standard InChI is InChI=1S/C22H33N5O4/c1-23-22(25-9-3-12-30-16-19-4-2-13-31-19)26-14-17-5-7-18(8-6-17)21(29)27-11-10-24-20(28)15-27/h5-8,19H,2-4,9-16H2,1H3,(H,24,28)(H2,23,25,26). The Hall–Kier alpha value is -2.65. The maximum absolute atomic E-state index is 12.5. The number of nitrogens with zero attached hydrogens (tertiary/aromatic N) is 2. The van der Waals surface area contributed by atoms with Crippen LogP contribution in [0.5, 0.6) is 0 Å². The number of hydrogen-bond acceptors (Lipinski definition) is 5. The zero-order chi connectivity index (χ0) is 21.9. The van der Waals surface area contributed by atoms with Crippen LogP contribution in [-0.4, -0.2) is 81.8 Å². The Kier molecular flexibility index (Phi) is 9.11. The van der Waals surface area contributed by atoms with E-state index in [-0.39, 0.29) is 24.5 Å². The summed E-state index contributed by atoms with van der Waals surface area (Å²) in [4.78, 5) is 29.8. The van der Waals surface area contributed by atoms with Crippen molar-refractivity contribution in [1.29, 1.82) is 0 Å². The summed E-state index contributed by atoms with van der Waals surface area (Å²) >= 11 is 0. The van der Waals surface area contributed by atoms with E-state index < -0.39 is 0 Å². The van der Waals surface area contributed by atoms with Crippen molar-refractivity contribution in [3.05, 3.63) is 35.4 Å². The molecule has 2 saturated heterocycles. The van der Waals surface area contributed by atoms with Gasteiger partial charge < -0.3 is 30.3 Å². The summed E-state index contributed by atoms with van der Waals surface area (Å²) < 4.78 is 11.2. The third-order valence-electron chi connectivity index (χ3n) is 5.30. The summed E-state index contributed by atoms with van der Waals surface area (Å²) in [6, 6.07) is 7.42. The fourth-order valence-electron chi connectivity index (χ4n) is 3.54. The molecule has 1 atom stereocenters. The molecule has 2 aliphatic heterocycles. The van der Waals surface area contributed by atoms with Crippen molar-refractivity contribution in [1.82, 2.24) is 20.9 Å². The first-order valence-corrected chi connectivity index (χ1v) is 10.9. The summed E-state index contributed by atoms with van der Waals surface area (Å²) in [7, 11) is 1.74. The van der Waals surface area contributed by atoms with Crippen LogP contribution >= 0.6 is 0 Å². The number of hydrogen-bond donors (Lipinski definition) is 3. The predicted molar refractivity (Wildman–Crippen MR) is 118 cm³/mol. The Morgan fingerprint density at radius 1 is 1.32 bits per heavy atom. The van der Waals surface area contributed by atoms with E-state index in [1.165, 1.54) is 0 Å². The van der Waals surface area contributed by atoms with Gasteiger partial charge in [-0.05, 0) is 37.0 Å². The first-order valence-electron chi connectivity index (χ1n) is 10.9. The monoisotopic (exact) mass is 431 g/mol. The number of aliphatic imine (C=N–C) groups is 1. The topological polar surface area (TPSA) is 104 Å². The van der Waals surface area contributed by atoms with Crippen molar-refractivity contribution >= 4 is 17.8 Å². The first-order chi connectivity index (χ1) is 15.2. The maximum Gasteiger partial charge on any atom is 0.254 e. The van der Waals surface area contributed by atoms with Crippen LogP contribution in [0.1, 0.15) is 35.2 Å². The number of ether oxygens (including phenoxy) is 2. The van der Waals surface area contributed by atoms with Gasteiger partial charge in [-0.25, -0.2) is 0 Å². The Balaban J connectivity index is 1.33. The maximum atomic E-state index is 12.5. The zero-order valence-electron chi connectivity index (χ0n) is 18.2. The average molecular weight is 432 g/mol. The summed E-state index contributed by atoms with van der Waals surface area (Å²) in [5.41, 5.74) is 1.62. The summed E-state index contributed by atoms with van der Waals surface area (Å²) in [5.74, 6) is 0.487. The van der Waals surface area contributed by atoms with Gasteiger partial charge in [-0.1, -0.05) is 12.1 Å². The lowest BCUT2D eigenvalue weighted by atomic mass is 10.1. The van der Waals surface area contributed by atoms with Crippen molar-refractivity contribution < 1.29 is 19.1 Å². The number of rotatable bonds is 9. The Bertz CT molecular complexity index is 747.